The summed E-state index contributed by atoms with van der Waals surface area (Å²) in [7, 11) is 0. The van der Waals surface area contributed by atoms with Gasteiger partial charge in [-0.05, 0) is 27.2 Å². The summed E-state index contributed by atoms with van der Waals surface area (Å²) in [4.78, 5) is 11.2. The molecule has 0 radical (unpaired) electrons. The third kappa shape index (κ3) is 13.8. The molecular weight excluding hydrogens is 258 g/mol. The summed E-state index contributed by atoms with van der Waals surface area (Å²) in [5.41, 5.74) is -0.395. The molecule has 0 atom stereocenters. The number of amides is 1. The van der Waals surface area contributed by atoms with Crippen LogP contribution in [-0.2, 0) is 4.74 Å². The van der Waals surface area contributed by atoms with E-state index in [0.717, 1.165) is 13.0 Å². The molecule has 1 N–H and O–H groups in total. The Morgan fingerprint density at radius 2 is 1.80 bits per heavy atom. The molecule has 0 rings (SSSR count). The fourth-order valence-corrected chi connectivity index (χ4v) is 1.06. The fraction of sp³-hybridized carbons (Fsp3) is 0.909. The molecule has 0 aliphatic heterocycles. The highest BCUT2D eigenvalue weighted by atomic mass is 79.9. The smallest absolute Gasteiger partial charge is 0.407 e. The Morgan fingerprint density at radius 3 is 2.27 bits per heavy atom. The molecular formula is C11H24BrNO2. The van der Waals surface area contributed by atoms with Gasteiger partial charge in [0.25, 0.3) is 0 Å². The van der Waals surface area contributed by atoms with Crippen LogP contribution in [0.5, 0.6) is 0 Å². The highest BCUT2D eigenvalue weighted by molar-refractivity contribution is 8.93. The van der Waals surface area contributed by atoms with Crippen molar-refractivity contribution in [2.45, 2.75) is 59.0 Å². The van der Waals surface area contributed by atoms with Crippen LogP contribution in [0, 0.1) is 0 Å². The van der Waals surface area contributed by atoms with Crippen molar-refractivity contribution in [3.8, 4) is 0 Å². The number of nitrogens with one attached hydrogen (secondary N) is 1. The zero-order valence-corrected chi connectivity index (χ0v) is 12.0. The molecule has 1 amide bonds. The van der Waals surface area contributed by atoms with Gasteiger partial charge in [-0.25, -0.2) is 4.79 Å². The second-order valence-corrected chi connectivity index (χ2v) is 4.49. The predicted molar refractivity (Wildman–Crippen MR) is 68.7 cm³/mol. The quantitative estimate of drug-likeness (QED) is 0.781. The summed E-state index contributed by atoms with van der Waals surface area (Å²) in [6.07, 6.45) is 4.34. The van der Waals surface area contributed by atoms with E-state index in [-0.39, 0.29) is 23.1 Å². The van der Waals surface area contributed by atoms with E-state index in [4.69, 9.17) is 4.74 Å². The number of halogens is 1. The van der Waals surface area contributed by atoms with Gasteiger partial charge in [-0.15, -0.1) is 17.0 Å². The summed E-state index contributed by atoms with van der Waals surface area (Å²) in [5.74, 6) is 0. The molecule has 0 saturated carbocycles. The molecule has 0 spiro atoms. The van der Waals surface area contributed by atoms with Crippen molar-refractivity contribution in [1.82, 2.24) is 5.32 Å². The Labute approximate surface area is 104 Å². The zero-order valence-electron chi connectivity index (χ0n) is 10.3. The summed E-state index contributed by atoms with van der Waals surface area (Å²) >= 11 is 0. The third-order valence-electron chi connectivity index (χ3n) is 1.70. The van der Waals surface area contributed by atoms with Crippen molar-refractivity contribution >= 4 is 23.1 Å². The molecule has 0 unspecified atom stereocenters. The molecule has 0 aromatic heterocycles. The second kappa shape index (κ2) is 9.01. The van der Waals surface area contributed by atoms with E-state index in [2.05, 4.69) is 12.2 Å². The number of ether oxygens (including phenoxy) is 1. The molecule has 3 nitrogen and oxygen atoms in total. The molecule has 0 aromatic rings. The highest BCUT2D eigenvalue weighted by Crippen LogP contribution is 2.06. The Bertz CT molecular complexity index is 166. The summed E-state index contributed by atoms with van der Waals surface area (Å²) in [5, 5.41) is 2.74. The van der Waals surface area contributed by atoms with E-state index < -0.39 is 5.60 Å². The average molecular weight is 282 g/mol. The summed E-state index contributed by atoms with van der Waals surface area (Å²) in [6.45, 7) is 8.48. The standard InChI is InChI=1S/C11H23NO2.BrH/c1-5-6-7-8-9-12-10(13)14-11(2,3)4;/h5-9H2,1-4H3,(H,12,13);1H. The monoisotopic (exact) mass is 281 g/mol. The molecule has 0 heterocycles. The molecule has 92 valence electrons. The molecule has 15 heavy (non-hydrogen) atoms. The van der Waals surface area contributed by atoms with Gasteiger partial charge in [0.2, 0.25) is 0 Å². The minimum atomic E-state index is -0.395. The van der Waals surface area contributed by atoms with Crippen LogP contribution in [0.15, 0.2) is 0 Å². The fourth-order valence-electron chi connectivity index (χ4n) is 1.06. The van der Waals surface area contributed by atoms with E-state index >= 15 is 0 Å². The molecule has 0 aliphatic carbocycles. The van der Waals surface area contributed by atoms with Crippen LogP contribution in [0.3, 0.4) is 0 Å². The molecule has 0 fully saturated rings. The van der Waals surface area contributed by atoms with E-state index in [1.807, 2.05) is 20.8 Å². The maximum atomic E-state index is 11.2. The van der Waals surface area contributed by atoms with Crippen LogP contribution >= 0.6 is 17.0 Å². The molecule has 0 aliphatic rings. The lowest BCUT2D eigenvalue weighted by atomic mass is 10.2. The van der Waals surface area contributed by atoms with E-state index in [9.17, 15) is 4.79 Å². The van der Waals surface area contributed by atoms with Crippen LogP contribution in [0.25, 0.3) is 0 Å². The summed E-state index contributed by atoms with van der Waals surface area (Å²) < 4.78 is 5.09. The Morgan fingerprint density at radius 1 is 1.20 bits per heavy atom. The van der Waals surface area contributed by atoms with Crippen LogP contribution in [-0.4, -0.2) is 18.2 Å². The normalized spacial score (nSPS) is 10.4. The molecule has 4 heteroatoms. The molecule has 0 bridgehead atoms. The van der Waals surface area contributed by atoms with Gasteiger partial charge in [-0.2, -0.15) is 0 Å². The molecule has 0 saturated heterocycles. The first-order chi connectivity index (χ1) is 6.45. The highest BCUT2D eigenvalue weighted by Gasteiger charge is 2.15. The minimum absolute atomic E-state index is 0. The summed E-state index contributed by atoms with van der Waals surface area (Å²) in [6, 6.07) is 0. The number of alkyl carbamates (subject to hydrolysis) is 1. The first-order valence-corrected chi connectivity index (χ1v) is 5.42. The number of hydrogen-bond acceptors (Lipinski definition) is 2. The van der Waals surface area contributed by atoms with E-state index in [1.165, 1.54) is 19.3 Å². The van der Waals surface area contributed by atoms with Crippen LogP contribution in [0.2, 0.25) is 0 Å². The number of carbonyl (C=O) groups is 1. The lowest BCUT2D eigenvalue weighted by Gasteiger charge is -2.19. The van der Waals surface area contributed by atoms with Crippen molar-refractivity contribution in [2.24, 2.45) is 0 Å². The van der Waals surface area contributed by atoms with Crippen LogP contribution in [0.1, 0.15) is 53.4 Å². The van der Waals surface area contributed by atoms with Crippen molar-refractivity contribution in [1.29, 1.82) is 0 Å². The SMILES string of the molecule is Br.CCCCCCNC(=O)OC(C)(C)C. The van der Waals surface area contributed by atoms with Crippen molar-refractivity contribution in [3.63, 3.8) is 0 Å². The lowest BCUT2D eigenvalue weighted by Crippen LogP contribution is -2.32. The van der Waals surface area contributed by atoms with Crippen molar-refractivity contribution in [2.75, 3.05) is 6.54 Å². The molecule has 0 aromatic carbocycles. The van der Waals surface area contributed by atoms with Gasteiger partial charge in [-0.3, -0.25) is 0 Å². The third-order valence-corrected chi connectivity index (χ3v) is 1.70. The minimum Gasteiger partial charge on any atom is -0.444 e. The van der Waals surface area contributed by atoms with Gasteiger partial charge in [-0.1, -0.05) is 26.2 Å². The predicted octanol–water partition coefficient (Wildman–Crippen LogP) is 3.67. The number of hydrogen-bond donors (Lipinski definition) is 1. The van der Waals surface area contributed by atoms with Gasteiger partial charge in [0, 0.05) is 6.54 Å². The van der Waals surface area contributed by atoms with Crippen LogP contribution in [0.4, 0.5) is 4.79 Å². The number of carbonyl (C=O) groups excluding carboxylic acids is 1. The second-order valence-electron chi connectivity index (χ2n) is 4.49. The largest absolute Gasteiger partial charge is 0.444 e. The van der Waals surface area contributed by atoms with Crippen molar-refractivity contribution < 1.29 is 9.53 Å². The number of unbranched alkanes of at least 4 members (excludes halogenated alkanes) is 3. The van der Waals surface area contributed by atoms with Gasteiger partial charge >= 0.3 is 6.09 Å². The Balaban J connectivity index is 0. The topological polar surface area (TPSA) is 38.3 Å². The van der Waals surface area contributed by atoms with Crippen molar-refractivity contribution in [3.05, 3.63) is 0 Å². The van der Waals surface area contributed by atoms with Crippen LogP contribution < -0.4 is 5.32 Å². The first kappa shape index (κ1) is 17.2. The van der Waals surface area contributed by atoms with E-state index in [1.54, 1.807) is 0 Å². The first-order valence-electron chi connectivity index (χ1n) is 5.42. The maximum Gasteiger partial charge on any atom is 0.407 e. The zero-order chi connectivity index (χ0) is 11.0. The lowest BCUT2D eigenvalue weighted by molar-refractivity contribution is 0.0527. The Kier molecular flexibility index (Phi) is 10.3. The van der Waals surface area contributed by atoms with Gasteiger partial charge in [0.05, 0.1) is 0 Å². The average Bonchev–Trinajstić information content (AvgIpc) is 2.00. The Hall–Kier alpha value is -0.250. The maximum absolute atomic E-state index is 11.2. The van der Waals surface area contributed by atoms with Gasteiger partial charge in [0.1, 0.15) is 5.60 Å². The van der Waals surface area contributed by atoms with E-state index in [0.29, 0.717) is 0 Å². The van der Waals surface area contributed by atoms with Gasteiger partial charge < -0.3 is 10.1 Å². The number of rotatable bonds is 5. The van der Waals surface area contributed by atoms with Gasteiger partial charge in [0.15, 0.2) is 0 Å².